The molecular formula is C64H48O29. The Morgan fingerprint density at radius 2 is 0.839 bits per heavy atom. The van der Waals surface area contributed by atoms with Crippen LogP contribution in [-0.4, -0.2) is 146 Å². The molecule has 5 aliphatic rings. The number of aliphatic hydroxyl groups is 3. The van der Waals surface area contributed by atoms with E-state index < -0.39 is 239 Å². The molecule has 478 valence electrons. The molecule has 0 aromatic heterocycles. The van der Waals surface area contributed by atoms with Gasteiger partial charge in [0, 0.05) is 89.8 Å². The van der Waals surface area contributed by atoms with Crippen molar-refractivity contribution in [2.75, 3.05) is 0 Å². The van der Waals surface area contributed by atoms with Crippen molar-refractivity contribution in [1.82, 2.24) is 0 Å². The second-order valence-electron chi connectivity index (χ2n) is 22.2. The van der Waals surface area contributed by atoms with Gasteiger partial charge in [-0.05, 0) is 65.6 Å². The van der Waals surface area contributed by atoms with E-state index in [9.17, 15) is 111 Å². The number of phenols is 14. The average molecular weight is 1280 g/mol. The molecule has 0 saturated heterocycles. The molecule has 0 radical (unpaired) electrons. The van der Waals surface area contributed by atoms with Gasteiger partial charge in [0.25, 0.3) is 0 Å². The lowest BCUT2D eigenvalue weighted by atomic mass is 9.73. The Hall–Kier alpha value is -12.7. The van der Waals surface area contributed by atoms with Gasteiger partial charge in [-0.3, -0.25) is 9.59 Å². The summed E-state index contributed by atoms with van der Waals surface area (Å²) in [6, 6.07) is 11.1. The summed E-state index contributed by atoms with van der Waals surface area (Å²) in [5.74, 6) is -25.5. The number of rotatable bonds is 9. The van der Waals surface area contributed by atoms with Crippen molar-refractivity contribution in [3.05, 3.63) is 175 Å². The van der Waals surface area contributed by atoms with Crippen LogP contribution >= 0.6 is 0 Å². The molecule has 0 saturated carbocycles. The van der Waals surface area contributed by atoms with Crippen molar-refractivity contribution < 1.29 is 140 Å². The van der Waals surface area contributed by atoms with Gasteiger partial charge in [-0.2, -0.15) is 0 Å². The summed E-state index contributed by atoms with van der Waals surface area (Å²) in [5, 5.41) is 193. The van der Waals surface area contributed by atoms with E-state index in [1.54, 1.807) is 0 Å². The van der Waals surface area contributed by atoms with Crippen LogP contribution in [0.3, 0.4) is 0 Å². The molecule has 12 rings (SSSR count). The molecule has 29 heteroatoms. The maximum absolute atomic E-state index is 15.1. The highest BCUT2D eigenvalue weighted by molar-refractivity contribution is 6.09. The van der Waals surface area contributed by atoms with Gasteiger partial charge in [0.2, 0.25) is 11.2 Å². The number of hydrogen-bond acceptors (Lipinski definition) is 29. The molecule has 2 unspecified atom stereocenters. The van der Waals surface area contributed by atoms with Crippen molar-refractivity contribution in [3.8, 4) is 103 Å². The summed E-state index contributed by atoms with van der Waals surface area (Å²) in [6.07, 6.45) is -9.06. The van der Waals surface area contributed by atoms with Crippen LogP contribution in [0, 0.1) is 11.8 Å². The predicted molar refractivity (Wildman–Crippen MR) is 309 cm³/mol. The zero-order valence-corrected chi connectivity index (χ0v) is 47.0. The summed E-state index contributed by atoms with van der Waals surface area (Å²) >= 11 is 0. The quantitative estimate of drug-likeness (QED) is 0.0454. The Kier molecular flexibility index (Phi) is 14.6. The second kappa shape index (κ2) is 22.4. The first-order chi connectivity index (χ1) is 44.0. The van der Waals surface area contributed by atoms with Gasteiger partial charge in [-0.25, -0.2) is 14.4 Å². The van der Waals surface area contributed by atoms with Crippen LogP contribution in [-0.2, 0) is 38.3 Å². The summed E-state index contributed by atoms with van der Waals surface area (Å²) in [7, 11) is 0. The van der Waals surface area contributed by atoms with E-state index in [0.717, 1.165) is 84.9 Å². The summed E-state index contributed by atoms with van der Waals surface area (Å²) < 4.78 is 36.7. The minimum absolute atomic E-state index is 0.0491. The van der Waals surface area contributed by atoms with Gasteiger partial charge < -0.3 is 120 Å². The van der Waals surface area contributed by atoms with Crippen LogP contribution in [0.15, 0.2) is 130 Å². The molecular weight excluding hydrogens is 1230 g/mol. The van der Waals surface area contributed by atoms with Crippen molar-refractivity contribution >= 4 is 34.5 Å². The Morgan fingerprint density at radius 1 is 0.419 bits per heavy atom. The van der Waals surface area contributed by atoms with E-state index >= 15 is 4.79 Å². The highest BCUT2D eigenvalue weighted by Crippen LogP contribution is 2.51. The molecule has 7 aromatic carbocycles. The summed E-state index contributed by atoms with van der Waals surface area (Å²) in [6.45, 7) is 0. The monoisotopic (exact) mass is 1280 g/mol. The Morgan fingerprint density at radius 3 is 1.34 bits per heavy atom. The van der Waals surface area contributed by atoms with Gasteiger partial charge in [0.15, 0.2) is 81.2 Å². The third-order valence-corrected chi connectivity index (χ3v) is 16.3. The number of fused-ring (bicyclic) bond motifs is 5. The first kappa shape index (κ1) is 60.6. The number of ketones is 1. The van der Waals surface area contributed by atoms with E-state index in [2.05, 4.69) is 0 Å². The molecule has 0 spiro atoms. The Bertz CT molecular complexity index is 4610. The fourth-order valence-electron chi connectivity index (χ4n) is 12.0. The van der Waals surface area contributed by atoms with Crippen molar-refractivity contribution in [2.45, 2.75) is 55.9 Å². The lowest BCUT2D eigenvalue weighted by molar-refractivity contribution is -0.115. The van der Waals surface area contributed by atoms with Crippen molar-refractivity contribution in [3.63, 3.8) is 0 Å². The minimum atomic E-state index is -1.81. The number of benzene rings is 6. The number of carbonyl (C=O) groups is 4. The number of allylic oxidation sites excluding steroid dienone is 2. The number of aliphatic hydroxyl groups excluding tert-OH is 3. The third kappa shape index (κ3) is 10.6. The second-order valence-corrected chi connectivity index (χ2v) is 22.2. The first-order valence-electron chi connectivity index (χ1n) is 27.6. The molecule has 93 heavy (non-hydrogen) atoms. The molecule has 2 aliphatic carbocycles. The molecule has 0 amide bonds. The maximum atomic E-state index is 15.1. The normalized spacial score (nSPS) is 21.3. The summed E-state index contributed by atoms with van der Waals surface area (Å²) in [5.41, 5.74) is -5.03. The molecule has 18 N–H and O–H groups in total. The highest BCUT2D eigenvalue weighted by Gasteiger charge is 2.50. The lowest BCUT2D eigenvalue weighted by Gasteiger charge is -2.41. The van der Waals surface area contributed by atoms with Crippen LogP contribution < -0.4 is 19.6 Å². The predicted octanol–water partition coefficient (Wildman–Crippen LogP) is 5.90. The fourth-order valence-corrected chi connectivity index (χ4v) is 12.0. The smallest absolute Gasteiger partial charge is 0.338 e. The standard InChI is InChI=1S/C64H48O29/c65-24-9-34(68)31-17-48(91-63(86)22-5-37(71)53(79)38(72)6-22)59(88-45(31)12-24)20-1-27-29(15-43(77)57(83)51(27)55(81)41(75)3-20)60-49(18-32-35(69)10-25(66)13-46(32)89-60)92-62(85)21-2-28-30(16-44(78)58(84)52(28)56(82)42(76)4-21)61-50(19-33-36(70)11-26(67)14-47(33)90-61)93-64(87)23-7-39(73)54(80)40(74)8-23/h1-16,27,29,48-50,59-61,65-75,77-80,83-84H,17-19H2,(H,76,82)/t27?,29?,48-,49-,50-,59-,60-,61-/m1/s1. The molecule has 3 heterocycles. The van der Waals surface area contributed by atoms with Crippen LogP contribution in [0.2, 0.25) is 0 Å². The molecule has 3 aliphatic heterocycles. The zero-order chi connectivity index (χ0) is 66.7. The number of hydrogen-bond donors (Lipinski definition) is 18. The van der Waals surface area contributed by atoms with Crippen LogP contribution in [0.5, 0.6) is 103 Å². The number of aromatic hydroxyl groups is 15. The van der Waals surface area contributed by atoms with E-state index in [0.29, 0.717) is 6.07 Å². The fraction of sp³-hybridized carbons (Fsp3) is 0.172. The van der Waals surface area contributed by atoms with E-state index in [-0.39, 0.29) is 39.5 Å². The van der Waals surface area contributed by atoms with Gasteiger partial charge in [-0.15, -0.1) is 0 Å². The lowest BCUT2D eigenvalue weighted by Crippen LogP contribution is -2.48. The van der Waals surface area contributed by atoms with Crippen LogP contribution in [0.1, 0.15) is 59.4 Å². The largest absolute Gasteiger partial charge is 0.508 e. The number of ether oxygens (including phenoxy) is 6. The third-order valence-electron chi connectivity index (χ3n) is 16.3. The van der Waals surface area contributed by atoms with Gasteiger partial charge >= 0.3 is 17.9 Å². The van der Waals surface area contributed by atoms with E-state index in [1.165, 1.54) is 6.08 Å². The zero-order valence-electron chi connectivity index (χ0n) is 47.0. The first-order valence-corrected chi connectivity index (χ1v) is 27.6. The minimum Gasteiger partial charge on any atom is -0.508 e. The van der Waals surface area contributed by atoms with Crippen molar-refractivity contribution in [2.24, 2.45) is 11.8 Å². The van der Waals surface area contributed by atoms with Gasteiger partial charge in [-0.1, -0.05) is 6.08 Å². The Balaban J connectivity index is 0.966. The highest BCUT2D eigenvalue weighted by atomic mass is 16.6. The molecule has 0 bridgehead atoms. The number of carbonyl (C=O) groups excluding carboxylic acids is 4. The molecule has 8 atom stereocenters. The van der Waals surface area contributed by atoms with Crippen molar-refractivity contribution in [1.29, 1.82) is 0 Å². The maximum Gasteiger partial charge on any atom is 0.338 e. The van der Waals surface area contributed by atoms with Gasteiger partial charge in [0.1, 0.15) is 76.2 Å². The summed E-state index contributed by atoms with van der Waals surface area (Å²) in [4.78, 5) is 71.5. The number of esters is 3. The number of Topliss-reactive ketones (excluding diaryl/α,β-unsaturated/α-hetero) is 1. The SMILES string of the molecule is O=C1C(O)=CC([C@H]2Oc3cc(O)cc(O)c3C[C@H]2OC(=O)c2cc(O)c(O)c(O)c2)=CC2C1=C(O)C(O)=CC2[C@H]1Oc2cc(O)cc(O)c2C[C@H]1OC(=O)c1cc(O)c(=O)c2c(O)c(O)cc([C@H]3Oc4cc(O)cc(O)c4C[C@H]3OC(=O)c3cc(O)c(O)c(O)c3)c2c1. The van der Waals surface area contributed by atoms with E-state index in [1.807, 2.05) is 0 Å². The Labute approximate surface area is 518 Å². The van der Waals surface area contributed by atoms with Crippen LogP contribution in [0.4, 0.5) is 0 Å². The number of phenolic OH excluding ortho intramolecular Hbond substituents is 14. The van der Waals surface area contributed by atoms with E-state index in [4.69, 9.17) is 28.4 Å². The van der Waals surface area contributed by atoms with Gasteiger partial charge in [0.05, 0.1) is 27.6 Å². The molecule has 7 aromatic rings. The topological polar surface area (TPSA) is 505 Å². The van der Waals surface area contributed by atoms with Crippen LogP contribution in [0.25, 0.3) is 10.8 Å². The average Bonchev–Trinajstić information content (AvgIpc) is 1.75. The molecule has 0 fully saturated rings. The molecule has 29 nitrogen and oxygen atoms in total.